The van der Waals surface area contributed by atoms with Gasteiger partial charge in [0.2, 0.25) is 11.8 Å². The minimum absolute atomic E-state index is 0.0197. The topological polar surface area (TPSA) is 130 Å². The van der Waals surface area contributed by atoms with Crippen molar-refractivity contribution in [2.24, 2.45) is 5.73 Å². The number of carbonyl (C=O) groups is 4. The number of thioether (sulfide) groups is 1. The van der Waals surface area contributed by atoms with Crippen molar-refractivity contribution in [3.05, 3.63) is 80.4 Å². The molecule has 0 spiro atoms. The summed E-state index contributed by atoms with van der Waals surface area (Å²) in [5, 5.41) is 12.8. The summed E-state index contributed by atoms with van der Waals surface area (Å²) in [6.07, 6.45) is -9.38. The Morgan fingerprint density at radius 1 is 0.977 bits per heavy atom. The molecular weight excluding hydrogens is 657 g/mol. The van der Waals surface area contributed by atoms with Gasteiger partial charge in [-0.15, -0.1) is 11.3 Å². The fraction of sp³-hybridized carbons (Fsp3) is 0.148. The summed E-state index contributed by atoms with van der Waals surface area (Å²) in [7, 11) is 0. The van der Waals surface area contributed by atoms with Gasteiger partial charge in [-0.25, -0.2) is 4.79 Å². The molecule has 1 saturated heterocycles. The van der Waals surface area contributed by atoms with Gasteiger partial charge in [-0.2, -0.15) is 26.3 Å². The SMILES string of the molecule is NC(=O)C[C@H](C(=O)Nc1ccc(C(=O)O)cc1)N1C(=O)/C(=C/c2cc(-c3cc(C(F)(F)F)cc(C(F)(F)F)c3)cs2)SC1=S. The van der Waals surface area contributed by atoms with Crippen molar-refractivity contribution in [1.82, 2.24) is 4.90 Å². The average Bonchev–Trinajstić information content (AvgIpc) is 3.50. The normalized spacial score (nSPS) is 15.5. The molecule has 0 unspecified atom stereocenters. The lowest BCUT2D eigenvalue weighted by molar-refractivity contribution is -0.143. The van der Waals surface area contributed by atoms with E-state index in [1.807, 2.05) is 0 Å². The predicted molar refractivity (Wildman–Crippen MR) is 154 cm³/mol. The number of carboxylic acid groups (broad SMARTS) is 1. The maximum Gasteiger partial charge on any atom is 0.416 e. The first-order valence-corrected chi connectivity index (χ1v) is 14.1. The summed E-state index contributed by atoms with van der Waals surface area (Å²) in [6, 6.07) is 6.03. The predicted octanol–water partition coefficient (Wildman–Crippen LogP) is 6.23. The summed E-state index contributed by atoms with van der Waals surface area (Å²) in [5.41, 5.74) is 2.14. The number of hydrogen-bond acceptors (Lipinski definition) is 7. The van der Waals surface area contributed by atoms with Crippen molar-refractivity contribution < 1.29 is 50.6 Å². The number of nitrogens with two attached hydrogens (primary N) is 1. The third-order valence-corrected chi connectivity index (χ3v) is 8.26. The van der Waals surface area contributed by atoms with Crippen molar-refractivity contribution in [3.63, 3.8) is 0 Å². The Hall–Kier alpha value is -4.22. The number of primary amides is 1. The second-order valence-electron chi connectivity index (χ2n) is 9.14. The van der Waals surface area contributed by atoms with Crippen LogP contribution in [0.3, 0.4) is 0 Å². The number of thiophene rings is 1. The number of alkyl halides is 6. The fourth-order valence-electron chi connectivity index (χ4n) is 3.99. The Morgan fingerprint density at radius 2 is 1.57 bits per heavy atom. The number of nitrogens with zero attached hydrogens (tertiary/aromatic N) is 1. The van der Waals surface area contributed by atoms with E-state index in [0.29, 0.717) is 12.1 Å². The van der Waals surface area contributed by atoms with Crippen molar-refractivity contribution in [2.75, 3.05) is 5.32 Å². The Bertz CT molecular complexity index is 1670. The number of anilines is 1. The summed E-state index contributed by atoms with van der Waals surface area (Å²) in [6.45, 7) is 0. The van der Waals surface area contributed by atoms with Crippen LogP contribution in [0.5, 0.6) is 0 Å². The van der Waals surface area contributed by atoms with Crippen LogP contribution in [0.4, 0.5) is 32.0 Å². The first-order chi connectivity index (χ1) is 20.4. The van der Waals surface area contributed by atoms with Crippen LogP contribution in [-0.2, 0) is 26.7 Å². The zero-order valence-electron chi connectivity index (χ0n) is 21.7. The van der Waals surface area contributed by atoms with Crippen LogP contribution in [0, 0.1) is 0 Å². The first kappa shape index (κ1) is 32.7. The quantitative estimate of drug-likeness (QED) is 0.147. The van der Waals surface area contributed by atoms with Crippen LogP contribution in [0.25, 0.3) is 17.2 Å². The molecule has 1 aliphatic heterocycles. The van der Waals surface area contributed by atoms with E-state index in [0.717, 1.165) is 28.0 Å². The van der Waals surface area contributed by atoms with Crippen molar-refractivity contribution >= 4 is 75.1 Å². The first-order valence-electron chi connectivity index (χ1n) is 12.0. The van der Waals surface area contributed by atoms with Gasteiger partial charge in [-0.05, 0) is 71.1 Å². The minimum atomic E-state index is -5.03. The van der Waals surface area contributed by atoms with E-state index in [1.54, 1.807) is 0 Å². The lowest BCUT2D eigenvalue weighted by atomic mass is 10.0. The van der Waals surface area contributed by atoms with E-state index < -0.39 is 59.6 Å². The number of thiocarbonyl (C=S) groups is 1. The number of aromatic carboxylic acids is 1. The molecule has 230 valence electrons. The molecule has 0 bridgehead atoms. The number of halogens is 6. The maximum atomic E-state index is 13.3. The zero-order valence-corrected chi connectivity index (χ0v) is 24.1. The van der Waals surface area contributed by atoms with Gasteiger partial charge in [0.05, 0.1) is 28.0 Å². The lowest BCUT2D eigenvalue weighted by Gasteiger charge is -2.25. The highest BCUT2D eigenvalue weighted by molar-refractivity contribution is 8.26. The third kappa shape index (κ3) is 7.46. The minimum Gasteiger partial charge on any atom is -0.478 e. The number of carbonyl (C=O) groups excluding carboxylic acids is 3. The number of hydrogen-bond donors (Lipinski definition) is 3. The highest BCUT2D eigenvalue weighted by atomic mass is 32.2. The number of benzene rings is 2. The molecule has 1 fully saturated rings. The highest BCUT2D eigenvalue weighted by Crippen LogP contribution is 2.41. The van der Waals surface area contributed by atoms with E-state index in [4.69, 9.17) is 23.1 Å². The molecule has 2 heterocycles. The van der Waals surface area contributed by atoms with Gasteiger partial charge >= 0.3 is 18.3 Å². The van der Waals surface area contributed by atoms with E-state index in [2.05, 4.69) is 5.32 Å². The molecule has 1 aliphatic rings. The maximum absolute atomic E-state index is 13.3. The van der Waals surface area contributed by atoms with E-state index >= 15 is 0 Å². The molecule has 0 radical (unpaired) electrons. The Labute approximate surface area is 257 Å². The van der Waals surface area contributed by atoms with Crippen molar-refractivity contribution in [2.45, 2.75) is 24.8 Å². The van der Waals surface area contributed by atoms with Crippen LogP contribution in [0.1, 0.15) is 32.8 Å². The number of carboxylic acids is 1. The van der Waals surface area contributed by atoms with Crippen LogP contribution < -0.4 is 11.1 Å². The molecule has 3 amide bonds. The van der Waals surface area contributed by atoms with E-state index in [1.165, 1.54) is 41.8 Å². The molecular formula is C27H17F6N3O5S3. The second kappa shape index (κ2) is 12.4. The molecule has 0 saturated carbocycles. The summed E-state index contributed by atoms with van der Waals surface area (Å²) < 4.78 is 79.7. The Morgan fingerprint density at radius 3 is 2.09 bits per heavy atom. The summed E-state index contributed by atoms with van der Waals surface area (Å²) >= 11 is 6.96. The fourth-order valence-corrected chi connectivity index (χ4v) is 6.26. The number of amides is 3. The molecule has 2 aromatic carbocycles. The molecule has 4 rings (SSSR count). The van der Waals surface area contributed by atoms with E-state index in [-0.39, 0.29) is 42.5 Å². The monoisotopic (exact) mass is 673 g/mol. The molecule has 4 N–H and O–H groups in total. The standard InChI is InChI=1S/C27H17F6N3O5S3/c28-26(29,30)15-5-13(6-16(8-15)27(31,32)33)14-7-18(43-11-14)9-20-23(39)36(25(42)44-20)19(10-21(34)37)22(38)35-17-3-1-12(2-4-17)24(40)41/h1-9,11,19H,10H2,(H2,34,37)(H,35,38)(H,40,41)/b20-9-/t19-/m1/s1. The zero-order chi connectivity index (χ0) is 32.6. The molecule has 44 heavy (non-hydrogen) atoms. The smallest absolute Gasteiger partial charge is 0.416 e. The molecule has 1 atom stereocenters. The molecule has 17 heteroatoms. The third-order valence-electron chi connectivity index (χ3n) is 6.05. The van der Waals surface area contributed by atoms with Crippen LogP contribution in [0.15, 0.2) is 58.8 Å². The molecule has 3 aromatic rings. The van der Waals surface area contributed by atoms with Gasteiger partial charge in [0.25, 0.3) is 5.91 Å². The van der Waals surface area contributed by atoms with Gasteiger partial charge in [0.15, 0.2) is 0 Å². The molecule has 1 aromatic heterocycles. The molecule has 0 aliphatic carbocycles. The second-order valence-corrected chi connectivity index (χ2v) is 11.8. The van der Waals surface area contributed by atoms with Crippen molar-refractivity contribution in [3.8, 4) is 11.1 Å². The number of nitrogens with one attached hydrogen (secondary N) is 1. The van der Waals surface area contributed by atoms with Gasteiger partial charge < -0.3 is 16.2 Å². The molecule has 8 nitrogen and oxygen atoms in total. The number of rotatable bonds is 8. The van der Waals surface area contributed by atoms with Crippen molar-refractivity contribution in [1.29, 1.82) is 0 Å². The lowest BCUT2D eigenvalue weighted by Crippen LogP contribution is -2.48. The summed E-state index contributed by atoms with van der Waals surface area (Å²) in [4.78, 5) is 50.4. The van der Waals surface area contributed by atoms with Gasteiger partial charge in [0, 0.05) is 10.6 Å². The van der Waals surface area contributed by atoms with Gasteiger partial charge in [-0.1, -0.05) is 24.0 Å². The average molecular weight is 674 g/mol. The highest BCUT2D eigenvalue weighted by Gasteiger charge is 2.41. The van der Waals surface area contributed by atoms with Crippen LogP contribution in [-0.4, -0.2) is 44.1 Å². The van der Waals surface area contributed by atoms with Crippen LogP contribution in [0.2, 0.25) is 0 Å². The summed E-state index contributed by atoms with van der Waals surface area (Å²) in [5.74, 6) is -3.78. The van der Waals surface area contributed by atoms with Crippen LogP contribution >= 0.6 is 35.3 Å². The van der Waals surface area contributed by atoms with Gasteiger partial charge in [-0.3, -0.25) is 19.3 Å². The van der Waals surface area contributed by atoms with Gasteiger partial charge in [0.1, 0.15) is 10.4 Å². The van der Waals surface area contributed by atoms with E-state index in [9.17, 15) is 45.5 Å². The Balaban J connectivity index is 1.60. The Kier molecular flexibility index (Phi) is 9.22. The largest absolute Gasteiger partial charge is 0.478 e.